The summed E-state index contributed by atoms with van der Waals surface area (Å²) in [7, 11) is 1.65. The number of hydrogen-bond acceptors (Lipinski definition) is 4. The molecule has 1 aromatic carbocycles. The first-order valence-corrected chi connectivity index (χ1v) is 6.31. The fraction of sp³-hybridized carbons (Fsp3) is 0.385. The van der Waals surface area contributed by atoms with Gasteiger partial charge >= 0.3 is 0 Å². The minimum absolute atomic E-state index is 0.126. The van der Waals surface area contributed by atoms with Crippen LogP contribution in [-0.2, 0) is 0 Å². The highest BCUT2D eigenvalue weighted by Crippen LogP contribution is 2.33. The molecule has 1 atom stereocenters. The maximum absolute atomic E-state index is 9.17. The van der Waals surface area contributed by atoms with Gasteiger partial charge in [-0.25, -0.2) is 4.98 Å². The number of nitrogens with zero attached hydrogens (tertiary/aromatic N) is 2. The smallest absolute Gasteiger partial charge is 0.120 e. The van der Waals surface area contributed by atoms with E-state index in [2.05, 4.69) is 11.1 Å². The summed E-state index contributed by atoms with van der Waals surface area (Å²) in [6.07, 6.45) is 0. The second-order valence-corrected chi connectivity index (χ2v) is 5.30. The SMILES string of the molecule is COc1ccc2nc(C(C#N)C(C)C)sc2c1. The van der Waals surface area contributed by atoms with Crippen LogP contribution < -0.4 is 4.74 Å². The summed E-state index contributed by atoms with van der Waals surface area (Å²) in [4.78, 5) is 4.52. The minimum Gasteiger partial charge on any atom is -0.497 e. The van der Waals surface area contributed by atoms with E-state index in [1.54, 1.807) is 18.4 Å². The second kappa shape index (κ2) is 4.72. The molecule has 3 nitrogen and oxygen atoms in total. The van der Waals surface area contributed by atoms with Crippen molar-refractivity contribution in [3.63, 3.8) is 0 Å². The molecule has 2 aromatic rings. The number of nitriles is 1. The van der Waals surface area contributed by atoms with Crippen LogP contribution in [-0.4, -0.2) is 12.1 Å². The van der Waals surface area contributed by atoms with E-state index in [1.807, 2.05) is 32.0 Å². The van der Waals surface area contributed by atoms with E-state index in [4.69, 9.17) is 10.00 Å². The lowest BCUT2D eigenvalue weighted by Gasteiger charge is -2.08. The Labute approximate surface area is 105 Å². The average Bonchev–Trinajstić information content (AvgIpc) is 2.71. The lowest BCUT2D eigenvalue weighted by atomic mass is 9.98. The monoisotopic (exact) mass is 246 g/mol. The lowest BCUT2D eigenvalue weighted by Crippen LogP contribution is -2.03. The van der Waals surface area contributed by atoms with Crippen molar-refractivity contribution in [1.29, 1.82) is 5.26 Å². The normalized spacial score (nSPS) is 12.6. The van der Waals surface area contributed by atoms with Gasteiger partial charge in [-0.2, -0.15) is 5.26 Å². The van der Waals surface area contributed by atoms with E-state index in [0.717, 1.165) is 21.0 Å². The molecule has 0 fully saturated rings. The number of aromatic nitrogens is 1. The maximum Gasteiger partial charge on any atom is 0.120 e. The van der Waals surface area contributed by atoms with E-state index in [1.165, 1.54) is 0 Å². The number of methoxy groups -OCH3 is 1. The molecule has 0 amide bonds. The lowest BCUT2D eigenvalue weighted by molar-refractivity contribution is 0.415. The Hall–Kier alpha value is -1.60. The van der Waals surface area contributed by atoms with Crippen molar-refractivity contribution in [2.24, 2.45) is 5.92 Å². The first-order chi connectivity index (χ1) is 8.15. The Morgan fingerprint density at radius 1 is 1.41 bits per heavy atom. The van der Waals surface area contributed by atoms with Crippen LogP contribution >= 0.6 is 11.3 Å². The number of fused-ring (bicyclic) bond motifs is 1. The second-order valence-electron chi connectivity index (χ2n) is 4.24. The van der Waals surface area contributed by atoms with Gasteiger partial charge in [0.1, 0.15) is 16.7 Å². The summed E-state index contributed by atoms with van der Waals surface area (Å²) < 4.78 is 6.25. The summed E-state index contributed by atoms with van der Waals surface area (Å²) in [5.41, 5.74) is 0.937. The van der Waals surface area contributed by atoms with Gasteiger partial charge in [0.2, 0.25) is 0 Å². The number of hydrogen-bond donors (Lipinski definition) is 0. The van der Waals surface area contributed by atoms with Gasteiger partial charge in [-0.05, 0) is 24.1 Å². The van der Waals surface area contributed by atoms with Crippen LogP contribution in [0.5, 0.6) is 5.75 Å². The predicted molar refractivity (Wildman–Crippen MR) is 69.4 cm³/mol. The van der Waals surface area contributed by atoms with Gasteiger partial charge < -0.3 is 4.74 Å². The third-order valence-corrected chi connectivity index (χ3v) is 3.79. The third-order valence-electron chi connectivity index (χ3n) is 2.68. The topological polar surface area (TPSA) is 45.9 Å². The van der Waals surface area contributed by atoms with Crippen molar-refractivity contribution >= 4 is 21.6 Å². The molecule has 0 spiro atoms. The number of ether oxygens (including phenoxy) is 1. The molecular weight excluding hydrogens is 232 g/mol. The molecule has 0 aliphatic rings. The van der Waals surface area contributed by atoms with Crippen molar-refractivity contribution < 1.29 is 4.74 Å². The summed E-state index contributed by atoms with van der Waals surface area (Å²) >= 11 is 1.57. The van der Waals surface area contributed by atoms with Gasteiger partial charge in [-0.1, -0.05) is 13.8 Å². The van der Waals surface area contributed by atoms with Gasteiger partial charge in [0.15, 0.2) is 0 Å². The molecule has 1 heterocycles. The molecule has 88 valence electrons. The average molecular weight is 246 g/mol. The van der Waals surface area contributed by atoms with E-state index >= 15 is 0 Å². The molecule has 1 unspecified atom stereocenters. The quantitative estimate of drug-likeness (QED) is 0.831. The highest BCUT2D eigenvalue weighted by molar-refractivity contribution is 7.18. The number of rotatable bonds is 3. The molecule has 0 radical (unpaired) electrons. The molecule has 0 saturated carbocycles. The first kappa shape index (κ1) is 11.9. The highest BCUT2D eigenvalue weighted by atomic mass is 32.1. The maximum atomic E-state index is 9.17. The van der Waals surface area contributed by atoms with Crippen LogP contribution in [0.4, 0.5) is 0 Å². The molecular formula is C13H14N2OS. The zero-order valence-corrected chi connectivity index (χ0v) is 10.9. The van der Waals surface area contributed by atoms with Crippen molar-refractivity contribution in [2.45, 2.75) is 19.8 Å². The van der Waals surface area contributed by atoms with Gasteiger partial charge in [0.25, 0.3) is 0 Å². The molecule has 0 N–H and O–H groups in total. The van der Waals surface area contributed by atoms with Gasteiger partial charge in [-0.3, -0.25) is 0 Å². The summed E-state index contributed by atoms with van der Waals surface area (Å²) in [6.45, 7) is 4.08. The van der Waals surface area contributed by atoms with Crippen LogP contribution in [0.25, 0.3) is 10.2 Å². The van der Waals surface area contributed by atoms with Crippen molar-refractivity contribution in [3.05, 3.63) is 23.2 Å². The third kappa shape index (κ3) is 2.25. The molecule has 2 rings (SSSR count). The molecule has 1 aromatic heterocycles. The van der Waals surface area contributed by atoms with Crippen LogP contribution in [0, 0.1) is 17.2 Å². The standard InChI is InChI=1S/C13H14N2OS/c1-8(2)10(7-14)13-15-11-5-4-9(16-3)6-12(11)17-13/h4-6,8,10H,1-3H3. The summed E-state index contributed by atoms with van der Waals surface area (Å²) in [5.74, 6) is 0.978. The Kier molecular flexibility index (Phi) is 3.30. The Morgan fingerprint density at radius 2 is 2.18 bits per heavy atom. The van der Waals surface area contributed by atoms with Crippen molar-refractivity contribution in [1.82, 2.24) is 4.98 Å². The molecule has 4 heteroatoms. The van der Waals surface area contributed by atoms with Crippen LogP contribution in [0.2, 0.25) is 0 Å². The first-order valence-electron chi connectivity index (χ1n) is 5.49. The molecule has 0 bridgehead atoms. The van der Waals surface area contributed by atoms with Crippen LogP contribution in [0.1, 0.15) is 24.8 Å². The molecule has 0 aliphatic heterocycles. The Balaban J connectivity index is 2.47. The van der Waals surface area contributed by atoms with E-state index < -0.39 is 0 Å². The van der Waals surface area contributed by atoms with Gasteiger partial charge in [0.05, 0.1) is 23.4 Å². The molecule has 0 aliphatic carbocycles. The summed E-state index contributed by atoms with van der Waals surface area (Å²) in [6, 6.07) is 8.11. The molecule has 17 heavy (non-hydrogen) atoms. The predicted octanol–water partition coefficient (Wildman–Crippen LogP) is 3.57. The van der Waals surface area contributed by atoms with Crippen LogP contribution in [0.15, 0.2) is 18.2 Å². The van der Waals surface area contributed by atoms with Gasteiger partial charge in [0, 0.05) is 0 Å². The van der Waals surface area contributed by atoms with Gasteiger partial charge in [-0.15, -0.1) is 11.3 Å². The fourth-order valence-corrected chi connectivity index (χ4v) is 2.89. The number of thiazole rings is 1. The zero-order valence-electron chi connectivity index (χ0n) is 10.1. The largest absolute Gasteiger partial charge is 0.497 e. The minimum atomic E-state index is -0.126. The van der Waals surface area contributed by atoms with E-state index in [9.17, 15) is 0 Å². The Bertz CT molecular complexity index is 568. The summed E-state index contributed by atoms with van der Waals surface area (Å²) in [5, 5.41) is 10.1. The van der Waals surface area contributed by atoms with Crippen molar-refractivity contribution in [2.75, 3.05) is 7.11 Å². The van der Waals surface area contributed by atoms with Crippen LogP contribution in [0.3, 0.4) is 0 Å². The Morgan fingerprint density at radius 3 is 2.76 bits per heavy atom. The number of benzene rings is 1. The fourth-order valence-electron chi connectivity index (χ4n) is 1.67. The highest BCUT2D eigenvalue weighted by Gasteiger charge is 2.19. The van der Waals surface area contributed by atoms with E-state index in [0.29, 0.717) is 0 Å². The molecule has 0 saturated heterocycles. The zero-order chi connectivity index (χ0) is 12.4. The van der Waals surface area contributed by atoms with E-state index in [-0.39, 0.29) is 11.8 Å². The van der Waals surface area contributed by atoms with Crippen molar-refractivity contribution in [3.8, 4) is 11.8 Å².